The van der Waals surface area contributed by atoms with Crippen molar-refractivity contribution in [3.63, 3.8) is 0 Å². The highest BCUT2D eigenvalue weighted by molar-refractivity contribution is 7.19. The lowest BCUT2D eigenvalue weighted by Gasteiger charge is -2.35. The highest BCUT2D eigenvalue weighted by Crippen LogP contribution is 2.37. The number of aromatic nitrogens is 2. The van der Waals surface area contributed by atoms with Crippen LogP contribution in [-0.4, -0.2) is 35.6 Å². The molecule has 0 saturated carbocycles. The van der Waals surface area contributed by atoms with Crippen LogP contribution in [-0.2, 0) is 11.3 Å². The van der Waals surface area contributed by atoms with Gasteiger partial charge in [-0.3, -0.25) is 9.59 Å². The molecule has 2 aromatic heterocycles. The van der Waals surface area contributed by atoms with E-state index in [4.69, 9.17) is 9.72 Å². The summed E-state index contributed by atoms with van der Waals surface area (Å²) in [6.45, 7) is 4.78. The standard InChI is InChI=1S/C25H24N4O3S/c1-14-8-10-16(11-9-14)21-15(2)33-25-22(21)24(31)27-20(28-25)13-29-12-19(23(30)26-3)32-18-7-5-4-6-17(18)29/h4-11,19H,12-13H2,1-3H3,(H,26,30)(H,27,28,31). The van der Waals surface area contributed by atoms with Crippen LogP contribution in [0.3, 0.4) is 0 Å². The van der Waals surface area contributed by atoms with E-state index >= 15 is 0 Å². The maximum absolute atomic E-state index is 13.2. The molecule has 2 N–H and O–H groups in total. The summed E-state index contributed by atoms with van der Waals surface area (Å²) in [7, 11) is 1.59. The van der Waals surface area contributed by atoms with E-state index in [-0.39, 0.29) is 11.5 Å². The summed E-state index contributed by atoms with van der Waals surface area (Å²) >= 11 is 1.52. The molecule has 2 aromatic carbocycles. The zero-order valence-corrected chi connectivity index (χ0v) is 19.5. The molecule has 0 fully saturated rings. The van der Waals surface area contributed by atoms with Gasteiger partial charge < -0.3 is 19.9 Å². The third-order valence-corrected chi connectivity index (χ3v) is 6.87. The molecule has 1 aliphatic rings. The number of aryl methyl sites for hydroxylation is 2. The third-order valence-electron chi connectivity index (χ3n) is 5.87. The Bertz CT molecular complexity index is 1410. The van der Waals surface area contributed by atoms with E-state index in [0.29, 0.717) is 34.9 Å². The molecule has 4 aromatic rings. The third kappa shape index (κ3) is 3.87. The molecule has 1 atom stereocenters. The Morgan fingerprint density at radius 3 is 2.73 bits per heavy atom. The zero-order valence-electron chi connectivity index (χ0n) is 18.6. The Kier molecular flexibility index (Phi) is 5.38. The molecule has 33 heavy (non-hydrogen) atoms. The summed E-state index contributed by atoms with van der Waals surface area (Å²) < 4.78 is 5.88. The van der Waals surface area contributed by atoms with E-state index in [2.05, 4.69) is 10.3 Å². The number of ether oxygens (including phenoxy) is 1. The van der Waals surface area contributed by atoms with Crippen LogP contribution < -0.4 is 20.5 Å². The number of fused-ring (bicyclic) bond motifs is 2. The fourth-order valence-electron chi connectivity index (χ4n) is 4.24. The van der Waals surface area contributed by atoms with Gasteiger partial charge in [-0.25, -0.2) is 4.98 Å². The maximum atomic E-state index is 13.2. The second-order valence-electron chi connectivity index (χ2n) is 8.16. The van der Waals surface area contributed by atoms with Gasteiger partial charge in [-0.1, -0.05) is 42.0 Å². The van der Waals surface area contributed by atoms with Gasteiger partial charge in [0.2, 0.25) is 0 Å². The monoisotopic (exact) mass is 460 g/mol. The van der Waals surface area contributed by atoms with Gasteiger partial charge in [0.25, 0.3) is 11.5 Å². The molecule has 1 aliphatic heterocycles. The quantitative estimate of drug-likeness (QED) is 0.484. The van der Waals surface area contributed by atoms with Crippen molar-refractivity contribution in [1.29, 1.82) is 0 Å². The van der Waals surface area contributed by atoms with Crippen molar-refractivity contribution in [3.8, 4) is 16.9 Å². The minimum atomic E-state index is -0.641. The van der Waals surface area contributed by atoms with Gasteiger partial charge in [-0.15, -0.1) is 11.3 Å². The Hall–Kier alpha value is -3.65. The fraction of sp³-hybridized carbons (Fsp3) is 0.240. The number of anilines is 1. The van der Waals surface area contributed by atoms with Crippen molar-refractivity contribution in [3.05, 3.63) is 75.1 Å². The smallest absolute Gasteiger partial charge is 0.262 e. The predicted octanol–water partition coefficient (Wildman–Crippen LogP) is 3.78. The van der Waals surface area contributed by atoms with Crippen molar-refractivity contribution < 1.29 is 9.53 Å². The predicted molar refractivity (Wildman–Crippen MR) is 131 cm³/mol. The normalized spacial score (nSPS) is 15.2. The Morgan fingerprint density at radius 1 is 1.21 bits per heavy atom. The summed E-state index contributed by atoms with van der Waals surface area (Å²) in [5.74, 6) is 0.994. The van der Waals surface area contributed by atoms with Crippen LogP contribution in [0.4, 0.5) is 5.69 Å². The van der Waals surface area contributed by atoms with E-state index in [9.17, 15) is 9.59 Å². The minimum Gasteiger partial charge on any atom is -0.477 e. The molecule has 0 spiro atoms. The first kappa shape index (κ1) is 21.2. The highest BCUT2D eigenvalue weighted by atomic mass is 32.1. The van der Waals surface area contributed by atoms with Gasteiger partial charge >= 0.3 is 0 Å². The molecule has 1 amide bonds. The number of benzene rings is 2. The number of nitrogens with one attached hydrogen (secondary N) is 2. The number of thiophene rings is 1. The molecule has 0 saturated heterocycles. The molecule has 5 rings (SSSR count). The average Bonchev–Trinajstić information content (AvgIpc) is 3.15. The first-order valence-electron chi connectivity index (χ1n) is 10.8. The largest absolute Gasteiger partial charge is 0.477 e. The van der Waals surface area contributed by atoms with Gasteiger partial charge in [0.1, 0.15) is 16.4 Å². The number of aromatic amines is 1. The summed E-state index contributed by atoms with van der Waals surface area (Å²) in [6.07, 6.45) is -0.641. The van der Waals surface area contributed by atoms with Crippen molar-refractivity contribution in [2.45, 2.75) is 26.5 Å². The highest BCUT2D eigenvalue weighted by Gasteiger charge is 2.30. The first-order valence-corrected chi connectivity index (χ1v) is 11.6. The minimum absolute atomic E-state index is 0.153. The molecular weight excluding hydrogens is 436 g/mol. The summed E-state index contributed by atoms with van der Waals surface area (Å²) in [5.41, 5.74) is 3.83. The van der Waals surface area contributed by atoms with E-state index in [1.54, 1.807) is 7.05 Å². The molecule has 0 aliphatic carbocycles. The summed E-state index contributed by atoms with van der Waals surface area (Å²) in [6, 6.07) is 15.8. The number of hydrogen-bond acceptors (Lipinski definition) is 6. The number of para-hydroxylation sites is 2. The number of nitrogens with zero attached hydrogens (tertiary/aromatic N) is 2. The van der Waals surface area contributed by atoms with E-state index in [0.717, 1.165) is 21.7 Å². The molecule has 0 radical (unpaired) electrons. The molecule has 7 nitrogen and oxygen atoms in total. The lowest BCUT2D eigenvalue weighted by atomic mass is 10.0. The SMILES string of the molecule is CNC(=O)C1CN(Cc2nc3sc(C)c(-c4ccc(C)cc4)c3c(=O)[nH]2)c2ccccc2O1. The summed E-state index contributed by atoms with van der Waals surface area (Å²) in [5, 5.41) is 3.27. The Balaban J connectivity index is 1.53. The number of carbonyl (C=O) groups excluding carboxylic acids is 1. The van der Waals surface area contributed by atoms with Crippen molar-refractivity contribution in [2.24, 2.45) is 0 Å². The summed E-state index contributed by atoms with van der Waals surface area (Å²) in [4.78, 5) is 37.0. The van der Waals surface area contributed by atoms with Crippen LogP contribution in [0.5, 0.6) is 5.75 Å². The fourth-order valence-corrected chi connectivity index (χ4v) is 5.31. The van der Waals surface area contributed by atoms with Gasteiger partial charge in [-0.2, -0.15) is 0 Å². The molecule has 168 valence electrons. The number of H-pyrrole nitrogens is 1. The van der Waals surface area contributed by atoms with Crippen molar-refractivity contribution >= 4 is 33.1 Å². The van der Waals surface area contributed by atoms with E-state index in [1.165, 1.54) is 16.9 Å². The van der Waals surface area contributed by atoms with Crippen LogP contribution in [0, 0.1) is 13.8 Å². The van der Waals surface area contributed by atoms with Crippen molar-refractivity contribution in [2.75, 3.05) is 18.5 Å². The second kappa shape index (κ2) is 8.37. The van der Waals surface area contributed by atoms with Crippen LogP contribution in [0.1, 0.15) is 16.3 Å². The maximum Gasteiger partial charge on any atom is 0.262 e. The molecule has 1 unspecified atom stereocenters. The van der Waals surface area contributed by atoms with Gasteiger partial charge in [0.15, 0.2) is 6.10 Å². The number of amides is 1. The zero-order chi connectivity index (χ0) is 23.1. The topological polar surface area (TPSA) is 87.3 Å². The van der Waals surface area contributed by atoms with E-state index < -0.39 is 6.10 Å². The van der Waals surface area contributed by atoms with Crippen LogP contribution in [0.15, 0.2) is 53.3 Å². The lowest BCUT2D eigenvalue weighted by Crippen LogP contribution is -2.48. The van der Waals surface area contributed by atoms with Gasteiger partial charge in [-0.05, 0) is 31.5 Å². The number of hydrogen-bond donors (Lipinski definition) is 2. The number of carbonyl (C=O) groups is 1. The molecule has 3 heterocycles. The van der Waals surface area contributed by atoms with E-state index in [1.807, 2.05) is 67.3 Å². The van der Waals surface area contributed by atoms with Crippen LogP contribution >= 0.6 is 11.3 Å². The van der Waals surface area contributed by atoms with Crippen LogP contribution in [0.25, 0.3) is 21.3 Å². The Morgan fingerprint density at radius 2 is 1.97 bits per heavy atom. The van der Waals surface area contributed by atoms with Gasteiger partial charge in [0.05, 0.1) is 24.2 Å². The van der Waals surface area contributed by atoms with Gasteiger partial charge in [0, 0.05) is 17.5 Å². The van der Waals surface area contributed by atoms with Crippen LogP contribution in [0.2, 0.25) is 0 Å². The number of likely N-dealkylation sites (N-methyl/N-ethyl adjacent to an activating group) is 1. The molecule has 8 heteroatoms. The average molecular weight is 461 g/mol. The number of rotatable bonds is 4. The lowest BCUT2D eigenvalue weighted by molar-refractivity contribution is -0.127. The molecule has 0 bridgehead atoms. The Labute approximate surface area is 195 Å². The molecular formula is C25H24N4O3S. The van der Waals surface area contributed by atoms with Crippen molar-refractivity contribution in [1.82, 2.24) is 15.3 Å². The second-order valence-corrected chi connectivity index (χ2v) is 9.36. The first-order chi connectivity index (χ1) is 15.9.